The van der Waals surface area contributed by atoms with Crippen LogP contribution in [-0.2, 0) is 28.6 Å². The fourth-order valence-electron chi connectivity index (χ4n) is 11.3. The van der Waals surface area contributed by atoms with Gasteiger partial charge in [0.2, 0.25) is 0 Å². The zero-order valence-corrected chi connectivity index (χ0v) is 55.5. The molecule has 0 N–H and O–H groups in total. The molecule has 0 bridgehead atoms. The minimum absolute atomic E-state index is 0.0718. The van der Waals surface area contributed by atoms with Crippen molar-refractivity contribution >= 4 is 17.9 Å². The average molecular weight is 1150 g/mol. The van der Waals surface area contributed by atoms with Gasteiger partial charge in [-0.05, 0) is 96.3 Å². The van der Waals surface area contributed by atoms with Crippen LogP contribution in [0.1, 0.15) is 412 Å². The van der Waals surface area contributed by atoms with E-state index in [4.69, 9.17) is 14.2 Å². The molecule has 0 rings (SSSR count). The van der Waals surface area contributed by atoms with Crippen molar-refractivity contribution in [3.8, 4) is 0 Å². The topological polar surface area (TPSA) is 78.9 Å². The summed E-state index contributed by atoms with van der Waals surface area (Å²) < 4.78 is 17.0. The summed E-state index contributed by atoms with van der Waals surface area (Å²) in [5.41, 5.74) is 0. The maximum atomic E-state index is 12.9. The molecule has 0 saturated carbocycles. The van der Waals surface area contributed by atoms with E-state index in [1.165, 1.54) is 308 Å². The third-order valence-corrected chi connectivity index (χ3v) is 16.8. The number of rotatable bonds is 69. The number of ether oxygens (including phenoxy) is 3. The van der Waals surface area contributed by atoms with Crippen LogP contribution in [0.3, 0.4) is 0 Å². The summed E-state index contributed by atoms with van der Waals surface area (Å²) in [5, 5.41) is 0. The van der Waals surface area contributed by atoms with Crippen molar-refractivity contribution in [3.05, 3.63) is 36.5 Å². The van der Waals surface area contributed by atoms with Crippen LogP contribution in [0.2, 0.25) is 0 Å². The van der Waals surface area contributed by atoms with E-state index in [2.05, 4.69) is 57.2 Å². The summed E-state index contributed by atoms with van der Waals surface area (Å²) in [6.07, 6.45) is 89.0. The second-order valence-electron chi connectivity index (χ2n) is 25.2. The number of esters is 3. The van der Waals surface area contributed by atoms with Gasteiger partial charge in [-0.15, -0.1) is 0 Å². The SMILES string of the molecule is CCCCCCCC/C=C\CCCCCCCCCC(=O)OC(COC(=O)CCCCCCC/C=C\CCCCCCCCC)COC(=O)CCCCCCCCCCCCCCCCCCCCC/C=C\CCCCCCCCCC. The summed E-state index contributed by atoms with van der Waals surface area (Å²) >= 11 is 0. The molecule has 0 spiro atoms. The lowest BCUT2D eigenvalue weighted by atomic mass is 10.0. The van der Waals surface area contributed by atoms with Crippen LogP contribution in [0.15, 0.2) is 36.5 Å². The zero-order valence-electron chi connectivity index (χ0n) is 55.5. The van der Waals surface area contributed by atoms with Crippen LogP contribution < -0.4 is 0 Å². The standard InChI is InChI=1S/C76H142O6/c1-4-7-10-13-16-19-22-25-28-31-32-33-34-35-36-37-38-39-40-41-42-43-44-46-48-51-54-57-60-63-66-69-75(78)81-72-73(71-80-74(77)68-65-62-59-56-53-50-47-30-27-24-21-18-15-12-9-6-3)82-76(79)70-67-64-61-58-55-52-49-45-29-26-23-20-17-14-11-8-5-2/h26,29-32,47,73H,4-25,27-28,33-46,48-72H2,1-3H3/b29-26-,32-31-,47-30-. The third kappa shape index (κ3) is 68.4. The van der Waals surface area contributed by atoms with Crippen molar-refractivity contribution in [3.63, 3.8) is 0 Å². The van der Waals surface area contributed by atoms with E-state index < -0.39 is 6.10 Å². The highest BCUT2D eigenvalue weighted by Crippen LogP contribution is 2.18. The molecule has 1 unspecified atom stereocenters. The van der Waals surface area contributed by atoms with E-state index in [9.17, 15) is 14.4 Å². The third-order valence-electron chi connectivity index (χ3n) is 16.8. The van der Waals surface area contributed by atoms with Crippen molar-refractivity contribution in [2.24, 2.45) is 0 Å². The Morgan fingerprint density at radius 3 is 0.610 bits per heavy atom. The molecule has 6 nitrogen and oxygen atoms in total. The summed E-state index contributed by atoms with van der Waals surface area (Å²) in [5.74, 6) is -0.856. The molecule has 482 valence electrons. The molecular weight excluding hydrogens is 1010 g/mol. The molecule has 1 atom stereocenters. The highest BCUT2D eigenvalue weighted by molar-refractivity contribution is 5.71. The Bertz CT molecular complexity index is 1370. The number of carbonyl (C=O) groups excluding carboxylic acids is 3. The predicted octanol–water partition coefficient (Wildman–Crippen LogP) is 25.5. The van der Waals surface area contributed by atoms with E-state index in [1.807, 2.05) is 0 Å². The molecule has 0 aliphatic rings. The van der Waals surface area contributed by atoms with Crippen molar-refractivity contribution < 1.29 is 28.6 Å². The van der Waals surface area contributed by atoms with Gasteiger partial charge in [0.05, 0.1) is 0 Å². The molecule has 0 aromatic heterocycles. The molecular formula is C76H142O6. The van der Waals surface area contributed by atoms with Gasteiger partial charge in [0, 0.05) is 19.3 Å². The van der Waals surface area contributed by atoms with Crippen LogP contribution in [0, 0.1) is 0 Å². The lowest BCUT2D eigenvalue weighted by molar-refractivity contribution is -0.167. The van der Waals surface area contributed by atoms with Gasteiger partial charge in [-0.2, -0.15) is 0 Å². The highest BCUT2D eigenvalue weighted by Gasteiger charge is 2.19. The summed E-state index contributed by atoms with van der Waals surface area (Å²) in [7, 11) is 0. The molecule has 6 heteroatoms. The quantitative estimate of drug-likeness (QED) is 0.0261. The maximum absolute atomic E-state index is 12.9. The Morgan fingerprint density at radius 2 is 0.402 bits per heavy atom. The molecule has 0 saturated heterocycles. The van der Waals surface area contributed by atoms with Crippen molar-refractivity contribution in [2.45, 2.75) is 419 Å². The second-order valence-corrected chi connectivity index (χ2v) is 25.2. The molecule has 0 radical (unpaired) electrons. The van der Waals surface area contributed by atoms with Gasteiger partial charge in [0.1, 0.15) is 13.2 Å². The largest absolute Gasteiger partial charge is 0.462 e. The van der Waals surface area contributed by atoms with Crippen LogP contribution in [0.25, 0.3) is 0 Å². The first-order chi connectivity index (χ1) is 40.5. The number of allylic oxidation sites excluding steroid dienone is 6. The Morgan fingerprint density at radius 1 is 0.232 bits per heavy atom. The van der Waals surface area contributed by atoms with Gasteiger partial charge >= 0.3 is 17.9 Å². The number of carbonyl (C=O) groups is 3. The molecule has 82 heavy (non-hydrogen) atoms. The Balaban J connectivity index is 4.18. The molecule has 0 amide bonds. The van der Waals surface area contributed by atoms with Gasteiger partial charge in [0.15, 0.2) is 6.10 Å². The van der Waals surface area contributed by atoms with Crippen molar-refractivity contribution in [1.82, 2.24) is 0 Å². The fourth-order valence-corrected chi connectivity index (χ4v) is 11.3. The van der Waals surface area contributed by atoms with Gasteiger partial charge in [0.25, 0.3) is 0 Å². The molecule has 0 aromatic carbocycles. The molecule has 0 aromatic rings. The van der Waals surface area contributed by atoms with Gasteiger partial charge in [-0.3, -0.25) is 14.4 Å². The van der Waals surface area contributed by atoms with Crippen LogP contribution >= 0.6 is 0 Å². The van der Waals surface area contributed by atoms with Crippen LogP contribution in [0.4, 0.5) is 0 Å². The number of hydrogen-bond donors (Lipinski definition) is 0. The fraction of sp³-hybridized carbons (Fsp3) is 0.882. The molecule has 0 aliphatic heterocycles. The summed E-state index contributed by atoms with van der Waals surface area (Å²) in [6.45, 7) is 6.70. The maximum Gasteiger partial charge on any atom is 0.306 e. The minimum atomic E-state index is -0.777. The lowest BCUT2D eigenvalue weighted by Crippen LogP contribution is -2.30. The van der Waals surface area contributed by atoms with Crippen LogP contribution in [0.5, 0.6) is 0 Å². The van der Waals surface area contributed by atoms with Crippen molar-refractivity contribution in [2.75, 3.05) is 13.2 Å². The second kappa shape index (κ2) is 71.1. The Hall–Kier alpha value is -2.37. The van der Waals surface area contributed by atoms with Gasteiger partial charge in [-0.25, -0.2) is 0 Å². The van der Waals surface area contributed by atoms with Crippen molar-refractivity contribution in [1.29, 1.82) is 0 Å². The predicted molar refractivity (Wildman–Crippen MR) is 358 cm³/mol. The Labute approximate surface area is 512 Å². The smallest absolute Gasteiger partial charge is 0.306 e. The average Bonchev–Trinajstić information content (AvgIpc) is 3.47. The lowest BCUT2D eigenvalue weighted by Gasteiger charge is -2.18. The number of hydrogen-bond acceptors (Lipinski definition) is 6. The first kappa shape index (κ1) is 79.6. The molecule has 0 aliphatic carbocycles. The van der Waals surface area contributed by atoms with Gasteiger partial charge < -0.3 is 14.2 Å². The van der Waals surface area contributed by atoms with E-state index in [0.29, 0.717) is 19.3 Å². The summed E-state index contributed by atoms with van der Waals surface area (Å²) in [4.78, 5) is 38.5. The normalized spacial score (nSPS) is 12.2. The Kier molecular flexibility index (Phi) is 69.1. The minimum Gasteiger partial charge on any atom is -0.462 e. The highest BCUT2D eigenvalue weighted by atomic mass is 16.6. The van der Waals surface area contributed by atoms with Crippen LogP contribution in [-0.4, -0.2) is 37.2 Å². The van der Waals surface area contributed by atoms with E-state index in [-0.39, 0.29) is 31.1 Å². The molecule has 0 heterocycles. The van der Waals surface area contributed by atoms with E-state index >= 15 is 0 Å². The molecule has 0 fully saturated rings. The monoisotopic (exact) mass is 1150 g/mol. The number of unbranched alkanes of at least 4 members (excludes halogenated alkanes) is 52. The first-order valence-electron chi connectivity index (χ1n) is 37.0. The van der Waals surface area contributed by atoms with Gasteiger partial charge in [-0.1, -0.05) is 333 Å². The first-order valence-corrected chi connectivity index (χ1v) is 37.0. The van der Waals surface area contributed by atoms with E-state index in [1.54, 1.807) is 0 Å². The zero-order chi connectivity index (χ0) is 59.2. The van der Waals surface area contributed by atoms with E-state index in [0.717, 1.165) is 64.2 Å². The summed E-state index contributed by atoms with van der Waals surface area (Å²) in [6, 6.07) is 0.